The number of nitrogens with zero attached hydrogens (tertiary/aromatic N) is 3. The van der Waals surface area contributed by atoms with Gasteiger partial charge in [0.2, 0.25) is 0 Å². The van der Waals surface area contributed by atoms with Crippen molar-refractivity contribution in [2.24, 2.45) is 0 Å². The molecule has 1 unspecified atom stereocenters. The second-order valence-electron chi connectivity index (χ2n) is 16.1. The van der Waals surface area contributed by atoms with Gasteiger partial charge in [0.25, 0.3) is 14.1 Å². The predicted octanol–water partition coefficient (Wildman–Crippen LogP) is 8.42. The standard InChI is InChI=1S/C50H61N4O12PS/c1-33(2)54(34(3)4)67(64-27-13-25-51)66-46-44(30-63-50(35-14-11-10-12-15-35,36-16-20-38(57-5)21-17-36)37-18-22-39(58-6)23-19-37)65-48(53-26-24-45(55)52-49(53)56)47(46)62-32-68-31-41-42(60-8)28-40(59-7)29-43(41)61-9/h10-12,14-24,26,28-29,33-34,44,46-48H,13,27,30-32H2,1-9H3,(H,52,55,56)/t44-,46-,47-,48-,67?/m1/s1. The fraction of sp³-hybridized carbons (Fsp3) is 0.420. The van der Waals surface area contributed by atoms with E-state index in [1.54, 1.807) is 47.7 Å². The Hall–Kier alpha value is -5.41. The lowest BCUT2D eigenvalue weighted by molar-refractivity contribution is -0.0961. The van der Waals surface area contributed by atoms with Crippen LogP contribution in [0.5, 0.6) is 28.7 Å². The van der Waals surface area contributed by atoms with Crippen molar-refractivity contribution in [2.75, 3.05) is 54.7 Å². The summed E-state index contributed by atoms with van der Waals surface area (Å²) in [7, 11) is 6.07. The van der Waals surface area contributed by atoms with Crippen LogP contribution in [0.15, 0.2) is 113 Å². The number of hydrogen-bond donors (Lipinski definition) is 1. The fourth-order valence-electron chi connectivity index (χ4n) is 8.17. The number of thioether (sulfide) groups is 1. The minimum atomic E-state index is -1.89. The molecule has 1 saturated heterocycles. The van der Waals surface area contributed by atoms with E-state index in [2.05, 4.69) is 15.7 Å². The van der Waals surface area contributed by atoms with Crippen molar-refractivity contribution in [3.05, 3.63) is 146 Å². The van der Waals surface area contributed by atoms with Gasteiger partial charge in [-0.15, -0.1) is 11.8 Å². The number of nitrogens with one attached hydrogen (secondary N) is 1. The highest BCUT2D eigenvalue weighted by atomic mass is 32.2. The molecule has 0 spiro atoms. The fourth-order valence-corrected chi connectivity index (χ4v) is 10.8. The summed E-state index contributed by atoms with van der Waals surface area (Å²) in [5, 5.41) is 9.56. The van der Waals surface area contributed by atoms with E-state index in [1.165, 1.54) is 28.6 Å². The number of hydrogen-bond acceptors (Lipinski definition) is 15. The molecule has 4 aromatic carbocycles. The van der Waals surface area contributed by atoms with Crippen molar-refractivity contribution < 1.29 is 46.9 Å². The van der Waals surface area contributed by atoms with Crippen LogP contribution in [0.4, 0.5) is 0 Å². The van der Waals surface area contributed by atoms with Gasteiger partial charge in [-0.2, -0.15) is 5.26 Å². The first kappa shape index (κ1) is 52.0. The topological polar surface area (TPSA) is 174 Å². The summed E-state index contributed by atoms with van der Waals surface area (Å²) in [4.78, 5) is 28.6. The Morgan fingerprint density at radius 1 is 0.779 bits per heavy atom. The van der Waals surface area contributed by atoms with E-state index in [-0.39, 0.29) is 37.7 Å². The lowest BCUT2D eigenvalue weighted by atomic mass is 9.80. The molecule has 1 aromatic heterocycles. The minimum Gasteiger partial charge on any atom is -0.497 e. The summed E-state index contributed by atoms with van der Waals surface area (Å²) in [5.74, 6) is 3.56. The summed E-state index contributed by atoms with van der Waals surface area (Å²) in [5.41, 5.74) is 0.663. The Kier molecular flexibility index (Phi) is 18.9. The van der Waals surface area contributed by atoms with Crippen LogP contribution < -0.4 is 34.9 Å². The average molecular weight is 973 g/mol. The first-order valence-electron chi connectivity index (χ1n) is 22.1. The molecule has 16 nitrogen and oxygen atoms in total. The predicted molar refractivity (Wildman–Crippen MR) is 261 cm³/mol. The van der Waals surface area contributed by atoms with Crippen LogP contribution in [0.2, 0.25) is 0 Å². The molecule has 5 aromatic rings. The molecule has 1 N–H and O–H groups in total. The van der Waals surface area contributed by atoms with E-state index in [9.17, 15) is 14.9 Å². The van der Waals surface area contributed by atoms with Crippen molar-refractivity contribution in [1.29, 1.82) is 5.26 Å². The molecular formula is C50H61N4O12PS. The van der Waals surface area contributed by atoms with Crippen LogP contribution in [-0.4, -0.2) is 99.3 Å². The largest absolute Gasteiger partial charge is 0.497 e. The summed E-state index contributed by atoms with van der Waals surface area (Å²) < 4.78 is 66.3. The van der Waals surface area contributed by atoms with Crippen molar-refractivity contribution in [1.82, 2.24) is 14.2 Å². The van der Waals surface area contributed by atoms with Gasteiger partial charge in [0, 0.05) is 47.8 Å². The number of benzene rings is 4. The summed E-state index contributed by atoms with van der Waals surface area (Å²) in [6, 6.07) is 32.1. The van der Waals surface area contributed by atoms with Gasteiger partial charge in [-0.05, 0) is 68.7 Å². The van der Waals surface area contributed by atoms with Gasteiger partial charge < -0.3 is 46.9 Å². The Morgan fingerprint density at radius 3 is 1.87 bits per heavy atom. The highest BCUT2D eigenvalue weighted by Crippen LogP contribution is 2.51. The molecular weight excluding hydrogens is 912 g/mol. The molecule has 0 saturated carbocycles. The van der Waals surface area contributed by atoms with Gasteiger partial charge in [0.15, 0.2) is 6.23 Å². The van der Waals surface area contributed by atoms with Gasteiger partial charge >= 0.3 is 5.69 Å². The molecule has 0 radical (unpaired) electrons. The molecule has 364 valence electrons. The summed E-state index contributed by atoms with van der Waals surface area (Å²) in [6.07, 6.45) is -2.49. The van der Waals surface area contributed by atoms with Crippen LogP contribution in [0, 0.1) is 11.3 Å². The van der Waals surface area contributed by atoms with Gasteiger partial charge in [-0.1, -0.05) is 54.6 Å². The molecule has 6 rings (SSSR count). The normalized spacial score (nSPS) is 17.6. The summed E-state index contributed by atoms with van der Waals surface area (Å²) in [6.45, 7) is 8.19. The number of ether oxygens (including phenoxy) is 8. The van der Waals surface area contributed by atoms with Crippen molar-refractivity contribution in [2.45, 2.75) is 82.1 Å². The monoisotopic (exact) mass is 972 g/mol. The van der Waals surface area contributed by atoms with Crippen LogP contribution in [0.3, 0.4) is 0 Å². The SMILES string of the molecule is COc1ccc(C(OC[C@H]2O[C@@H](n3ccc(=O)[nH]c3=O)[C@H](OCSCc3c(OC)cc(OC)cc3OC)[C@@H]2OP(OCCC#N)N(C(C)C)C(C)C)(c2ccccc2)c2ccc(OC)cc2)cc1. The van der Waals surface area contributed by atoms with E-state index >= 15 is 0 Å². The Labute approximate surface area is 403 Å². The molecule has 1 fully saturated rings. The molecule has 0 bridgehead atoms. The first-order chi connectivity index (χ1) is 32.9. The lowest BCUT2D eigenvalue weighted by Gasteiger charge is -2.39. The third-order valence-corrected chi connectivity index (χ3v) is 14.3. The number of methoxy groups -OCH3 is 5. The highest BCUT2D eigenvalue weighted by molar-refractivity contribution is 7.98. The molecule has 0 amide bonds. The minimum absolute atomic E-state index is 0.0434. The van der Waals surface area contributed by atoms with E-state index in [0.29, 0.717) is 34.5 Å². The number of rotatable bonds is 25. The van der Waals surface area contributed by atoms with E-state index < -0.39 is 49.9 Å². The zero-order chi connectivity index (χ0) is 48.8. The van der Waals surface area contributed by atoms with E-state index in [0.717, 1.165) is 22.3 Å². The number of aromatic nitrogens is 2. The molecule has 18 heteroatoms. The Morgan fingerprint density at radius 2 is 1.35 bits per heavy atom. The third-order valence-electron chi connectivity index (χ3n) is 11.3. The first-order valence-corrected chi connectivity index (χ1v) is 24.4. The van der Waals surface area contributed by atoms with E-state index in [4.69, 9.17) is 46.9 Å². The second-order valence-corrected chi connectivity index (χ2v) is 18.5. The maximum atomic E-state index is 13.7. The number of nitriles is 1. The molecule has 5 atom stereocenters. The lowest BCUT2D eigenvalue weighted by Crippen LogP contribution is -2.43. The Bertz CT molecular complexity index is 2440. The van der Waals surface area contributed by atoms with Gasteiger partial charge in [-0.3, -0.25) is 14.3 Å². The van der Waals surface area contributed by atoms with Crippen LogP contribution in [-0.2, 0) is 34.6 Å². The Balaban J connectivity index is 1.48. The molecule has 1 aliphatic rings. The quantitative estimate of drug-likeness (QED) is 0.0255. The second kappa shape index (κ2) is 24.7. The van der Waals surface area contributed by atoms with Crippen LogP contribution in [0.25, 0.3) is 0 Å². The van der Waals surface area contributed by atoms with Crippen LogP contribution >= 0.6 is 20.3 Å². The van der Waals surface area contributed by atoms with Gasteiger partial charge in [0.05, 0.1) is 67.2 Å². The summed E-state index contributed by atoms with van der Waals surface area (Å²) >= 11 is 1.44. The average Bonchev–Trinajstić information content (AvgIpc) is 3.68. The van der Waals surface area contributed by atoms with Crippen molar-refractivity contribution in [3.63, 3.8) is 0 Å². The molecule has 68 heavy (non-hydrogen) atoms. The van der Waals surface area contributed by atoms with Gasteiger partial charge in [0.1, 0.15) is 52.7 Å². The molecule has 2 heterocycles. The third kappa shape index (κ3) is 12.1. The highest BCUT2D eigenvalue weighted by Gasteiger charge is 2.51. The maximum Gasteiger partial charge on any atom is 0.330 e. The van der Waals surface area contributed by atoms with Crippen molar-refractivity contribution in [3.8, 4) is 34.8 Å². The van der Waals surface area contributed by atoms with E-state index in [1.807, 2.05) is 107 Å². The smallest absolute Gasteiger partial charge is 0.330 e. The number of H-pyrrole nitrogens is 1. The van der Waals surface area contributed by atoms with Gasteiger partial charge in [-0.25, -0.2) is 9.46 Å². The van der Waals surface area contributed by atoms with Crippen LogP contribution in [0.1, 0.15) is 62.6 Å². The van der Waals surface area contributed by atoms with Crippen molar-refractivity contribution >= 4 is 20.3 Å². The zero-order valence-corrected chi connectivity index (χ0v) is 41.6. The molecule has 1 aliphatic heterocycles. The maximum absolute atomic E-state index is 13.7. The zero-order valence-electron chi connectivity index (χ0n) is 39.9. The number of aromatic amines is 1. The molecule has 0 aliphatic carbocycles.